The summed E-state index contributed by atoms with van der Waals surface area (Å²) in [6.45, 7) is 3.91. The van der Waals surface area contributed by atoms with E-state index < -0.39 is 0 Å². The third-order valence-electron chi connectivity index (χ3n) is 4.12. The highest BCUT2D eigenvalue weighted by atomic mass is 16.5. The summed E-state index contributed by atoms with van der Waals surface area (Å²) in [4.78, 5) is 14.5. The van der Waals surface area contributed by atoms with Gasteiger partial charge >= 0.3 is 0 Å². The lowest BCUT2D eigenvalue weighted by atomic mass is 9.98. The minimum absolute atomic E-state index is 0.0624. The Bertz CT molecular complexity index is 474. The average Bonchev–Trinajstić information content (AvgIpc) is 2.71. The number of carbonyl (C=O) groups is 1. The molecule has 2 N–H and O–H groups in total. The fraction of sp³-hybridized carbons (Fsp3) is 0.562. The summed E-state index contributed by atoms with van der Waals surface area (Å²) in [7, 11) is 1.58. The largest absolute Gasteiger partial charge is 0.497 e. The maximum atomic E-state index is 12.6. The van der Waals surface area contributed by atoms with Gasteiger partial charge in [0.15, 0.2) is 0 Å². The second kappa shape index (κ2) is 6.64. The second-order valence-electron chi connectivity index (χ2n) is 5.49. The number of hydrogen-bond acceptors (Lipinski definition) is 3. The normalized spacial score (nSPS) is 19.5. The quantitative estimate of drug-likeness (QED) is 0.864. The topological polar surface area (TPSA) is 55.6 Å². The van der Waals surface area contributed by atoms with Crippen LogP contribution in [0.25, 0.3) is 0 Å². The highest BCUT2D eigenvalue weighted by molar-refractivity contribution is 5.95. The number of nitrogens with zero attached hydrogens (tertiary/aromatic N) is 1. The highest BCUT2D eigenvalue weighted by Gasteiger charge is 2.21. The second-order valence-corrected chi connectivity index (χ2v) is 5.49. The summed E-state index contributed by atoms with van der Waals surface area (Å²) < 4.78 is 5.18. The van der Waals surface area contributed by atoms with E-state index in [1.165, 1.54) is 12.8 Å². The molecule has 1 aliphatic heterocycles. The van der Waals surface area contributed by atoms with Crippen LogP contribution in [0.3, 0.4) is 0 Å². The molecule has 1 fully saturated rings. The van der Waals surface area contributed by atoms with Gasteiger partial charge in [0, 0.05) is 30.4 Å². The fourth-order valence-electron chi connectivity index (χ4n) is 2.82. The first kappa shape index (κ1) is 14.7. The van der Waals surface area contributed by atoms with Crippen LogP contribution in [-0.4, -0.2) is 31.0 Å². The third-order valence-corrected chi connectivity index (χ3v) is 4.12. The number of rotatable bonds is 3. The lowest BCUT2D eigenvalue weighted by molar-refractivity contribution is 0.0759. The Morgan fingerprint density at radius 1 is 1.35 bits per heavy atom. The van der Waals surface area contributed by atoms with Crippen molar-refractivity contribution in [2.24, 2.45) is 5.92 Å². The van der Waals surface area contributed by atoms with Crippen molar-refractivity contribution < 1.29 is 9.53 Å². The zero-order chi connectivity index (χ0) is 14.5. The molecule has 0 saturated carbocycles. The van der Waals surface area contributed by atoms with Gasteiger partial charge in [-0.2, -0.15) is 0 Å². The van der Waals surface area contributed by atoms with E-state index in [9.17, 15) is 4.79 Å². The molecule has 0 radical (unpaired) electrons. The molecule has 1 aliphatic rings. The first-order valence-electron chi connectivity index (χ1n) is 7.38. The van der Waals surface area contributed by atoms with Crippen LogP contribution in [0.5, 0.6) is 5.75 Å². The van der Waals surface area contributed by atoms with Gasteiger partial charge in [-0.05, 0) is 37.3 Å². The number of benzene rings is 1. The number of ether oxygens (including phenoxy) is 1. The van der Waals surface area contributed by atoms with Crippen molar-refractivity contribution in [2.45, 2.75) is 32.6 Å². The van der Waals surface area contributed by atoms with Crippen LogP contribution in [0.1, 0.15) is 43.0 Å². The lowest BCUT2D eigenvalue weighted by Gasteiger charge is -2.21. The van der Waals surface area contributed by atoms with Crippen LogP contribution in [0.2, 0.25) is 0 Å². The van der Waals surface area contributed by atoms with Gasteiger partial charge < -0.3 is 15.4 Å². The number of amides is 1. The van der Waals surface area contributed by atoms with Crippen molar-refractivity contribution in [3.8, 4) is 5.75 Å². The molecule has 1 unspecified atom stereocenters. The van der Waals surface area contributed by atoms with Crippen LogP contribution in [-0.2, 0) is 0 Å². The molecule has 110 valence electrons. The van der Waals surface area contributed by atoms with Crippen molar-refractivity contribution in [2.75, 3.05) is 25.9 Å². The molecule has 0 aliphatic carbocycles. The molecular formula is C16H24N2O2. The molecule has 1 atom stereocenters. The van der Waals surface area contributed by atoms with Crippen molar-refractivity contribution in [1.29, 1.82) is 0 Å². The number of nitrogen functional groups attached to an aromatic ring is 1. The van der Waals surface area contributed by atoms with Crippen LogP contribution in [0.4, 0.5) is 5.69 Å². The Hall–Kier alpha value is -1.71. The van der Waals surface area contributed by atoms with Crippen molar-refractivity contribution in [3.05, 3.63) is 23.8 Å². The third kappa shape index (κ3) is 3.44. The molecule has 4 heteroatoms. The first-order valence-corrected chi connectivity index (χ1v) is 7.38. The van der Waals surface area contributed by atoms with Crippen LogP contribution >= 0.6 is 0 Å². The van der Waals surface area contributed by atoms with Crippen molar-refractivity contribution in [3.63, 3.8) is 0 Å². The monoisotopic (exact) mass is 276 g/mol. The van der Waals surface area contributed by atoms with E-state index in [0.29, 0.717) is 17.0 Å². The predicted molar refractivity (Wildman–Crippen MR) is 80.9 cm³/mol. The number of methoxy groups -OCH3 is 1. The SMILES string of the molecule is CCC1CCCN(C(=O)c2cc(N)cc(OC)c2)CC1. The van der Waals surface area contributed by atoms with Crippen LogP contribution < -0.4 is 10.5 Å². The molecule has 20 heavy (non-hydrogen) atoms. The van der Waals surface area contributed by atoms with Crippen molar-refractivity contribution >= 4 is 11.6 Å². The summed E-state index contributed by atoms with van der Waals surface area (Å²) in [6.07, 6.45) is 4.61. The Morgan fingerprint density at radius 3 is 2.85 bits per heavy atom. The average molecular weight is 276 g/mol. The van der Waals surface area contributed by atoms with E-state index >= 15 is 0 Å². The first-order chi connectivity index (χ1) is 9.63. The molecule has 0 aromatic heterocycles. The van der Waals surface area contributed by atoms with Gasteiger partial charge in [-0.15, -0.1) is 0 Å². The minimum atomic E-state index is 0.0624. The summed E-state index contributed by atoms with van der Waals surface area (Å²) in [5.74, 6) is 1.45. The molecular weight excluding hydrogens is 252 g/mol. The van der Waals surface area contributed by atoms with Gasteiger partial charge in [-0.3, -0.25) is 4.79 Å². The van der Waals surface area contributed by atoms with Gasteiger partial charge in [0.2, 0.25) is 0 Å². The Morgan fingerprint density at radius 2 is 2.15 bits per heavy atom. The standard InChI is InChI=1S/C16H24N2O2/c1-3-12-5-4-7-18(8-6-12)16(19)13-9-14(17)11-15(10-13)20-2/h9-12H,3-8,17H2,1-2H3. The Kier molecular flexibility index (Phi) is 4.88. The van der Waals surface area contributed by atoms with Gasteiger partial charge in [-0.25, -0.2) is 0 Å². The van der Waals surface area contributed by atoms with E-state index in [2.05, 4.69) is 6.92 Å². The summed E-state index contributed by atoms with van der Waals surface area (Å²) in [5.41, 5.74) is 7.01. The number of anilines is 1. The highest BCUT2D eigenvalue weighted by Crippen LogP contribution is 2.23. The molecule has 0 bridgehead atoms. The Balaban J connectivity index is 2.12. The molecule has 0 spiro atoms. The minimum Gasteiger partial charge on any atom is -0.497 e. The van der Waals surface area contributed by atoms with Gasteiger partial charge in [-0.1, -0.05) is 13.3 Å². The van der Waals surface area contributed by atoms with E-state index in [4.69, 9.17) is 10.5 Å². The van der Waals surface area contributed by atoms with E-state index in [0.717, 1.165) is 31.8 Å². The molecule has 1 aromatic carbocycles. The molecule has 4 nitrogen and oxygen atoms in total. The maximum absolute atomic E-state index is 12.6. The number of carbonyl (C=O) groups excluding carboxylic acids is 1. The van der Waals surface area contributed by atoms with E-state index in [-0.39, 0.29) is 5.91 Å². The van der Waals surface area contributed by atoms with E-state index in [1.54, 1.807) is 25.3 Å². The molecule has 1 saturated heterocycles. The number of likely N-dealkylation sites (tertiary alicyclic amines) is 1. The maximum Gasteiger partial charge on any atom is 0.254 e. The number of hydrogen-bond donors (Lipinski definition) is 1. The number of nitrogens with two attached hydrogens (primary N) is 1. The molecule has 2 rings (SSSR count). The smallest absolute Gasteiger partial charge is 0.254 e. The van der Waals surface area contributed by atoms with Crippen LogP contribution in [0.15, 0.2) is 18.2 Å². The van der Waals surface area contributed by atoms with E-state index in [1.807, 2.05) is 4.90 Å². The fourth-order valence-corrected chi connectivity index (χ4v) is 2.82. The van der Waals surface area contributed by atoms with Gasteiger partial charge in [0.05, 0.1) is 7.11 Å². The zero-order valence-electron chi connectivity index (χ0n) is 12.4. The van der Waals surface area contributed by atoms with Gasteiger partial charge in [0.25, 0.3) is 5.91 Å². The summed E-state index contributed by atoms with van der Waals surface area (Å²) >= 11 is 0. The Labute approximate surface area is 120 Å². The zero-order valence-corrected chi connectivity index (χ0v) is 12.4. The summed E-state index contributed by atoms with van der Waals surface area (Å²) in [6, 6.07) is 5.22. The lowest BCUT2D eigenvalue weighted by Crippen LogP contribution is -2.32. The van der Waals surface area contributed by atoms with Crippen LogP contribution in [0, 0.1) is 5.92 Å². The predicted octanol–water partition coefficient (Wildman–Crippen LogP) is 2.93. The molecule has 1 heterocycles. The molecule has 1 aromatic rings. The molecule has 1 amide bonds. The summed E-state index contributed by atoms with van der Waals surface area (Å²) in [5, 5.41) is 0. The van der Waals surface area contributed by atoms with Gasteiger partial charge in [0.1, 0.15) is 5.75 Å². The van der Waals surface area contributed by atoms with Crippen molar-refractivity contribution in [1.82, 2.24) is 4.90 Å².